The van der Waals surface area contributed by atoms with Gasteiger partial charge in [0.1, 0.15) is 5.69 Å². The molecule has 0 atom stereocenters. The average molecular weight is 372 g/mol. The number of amides is 1. The Morgan fingerprint density at radius 2 is 1.39 bits per heavy atom. The van der Waals surface area contributed by atoms with Crippen molar-refractivity contribution in [1.29, 1.82) is 0 Å². The SMILES string of the molecule is O=C(NCc1ccccc1)c1ccc(N2CCN(c3ccccc3)CC2)cn1. The maximum Gasteiger partial charge on any atom is 0.270 e. The lowest BCUT2D eigenvalue weighted by Gasteiger charge is -2.37. The molecule has 3 aromatic rings. The van der Waals surface area contributed by atoms with Crippen molar-refractivity contribution in [2.75, 3.05) is 36.0 Å². The fraction of sp³-hybridized carbons (Fsp3) is 0.217. The maximum atomic E-state index is 12.3. The van der Waals surface area contributed by atoms with E-state index in [0.717, 1.165) is 37.4 Å². The number of para-hydroxylation sites is 1. The minimum Gasteiger partial charge on any atom is -0.368 e. The molecule has 0 aliphatic carbocycles. The third-order valence-corrected chi connectivity index (χ3v) is 5.04. The number of nitrogens with zero attached hydrogens (tertiary/aromatic N) is 3. The highest BCUT2D eigenvalue weighted by molar-refractivity contribution is 5.92. The molecular weight excluding hydrogens is 348 g/mol. The monoisotopic (exact) mass is 372 g/mol. The second-order valence-corrected chi connectivity index (χ2v) is 6.88. The molecule has 0 spiro atoms. The normalized spacial score (nSPS) is 14.0. The standard InChI is InChI=1S/C23H24N4O/c28-23(25-17-19-7-3-1-4-8-19)22-12-11-21(18-24-22)27-15-13-26(14-16-27)20-9-5-2-6-10-20/h1-12,18H,13-17H2,(H,25,28). The molecule has 5 heteroatoms. The van der Waals surface area contributed by atoms with Gasteiger partial charge in [-0.05, 0) is 29.8 Å². The molecule has 1 aliphatic rings. The van der Waals surface area contributed by atoms with E-state index >= 15 is 0 Å². The lowest BCUT2D eigenvalue weighted by molar-refractivity contribution is 0.0946. The summed E-state index contributed by atoms with van der Waals surface area (Å²) in [7, 11) is 0. The van der Waals surface area contributed by atoms with E-state index in [-0.39, 0.29) is 5.91 Å². The van der Waals surface area contributed by atoms with Crippen molar-refractivity contribution in [1.82, 2.24) is 10.3 Å². The van der Waals surface area contributed by atoms with Crippen molar-refractivity contribution in [3.63, 3.8) is 0 Å². The lowest BCUT2D eigenvalue weighted by Crippen LogP contribution is -2.46. The number of nitrogens with one attached hydrogen (secondary N) is 1. The third kappa shape index (κ3) is 4.31. The first-order valence-corrected chi connectivity index (χ1v) is 9.63. The number of hydrogen-bond donors (Lipinski definition) is 1. The molecule has 1 fully saturated rings. The molecule has 0 radical (unpaired) electrons. The number of carbonyl (C=O) groups is 1. The summed E-state index contributed by atoms with van der Waals surface area (Å²) in [6.45, 7) is 4.34. The zero-order chi connectivity index (χ0) is 19.2. The molecule has 2 aromatic carbocycles. The van der Waals surface area contributed by atoms with Crippen molar-refractivity contribution in [2.24, 2.45) is 0 Å². The molecule has 1 aromatic heterocycles. The summed E-state index contributed by atoms with van der Waals surface area (Å²) in [6, 6.07) is 24.2. The molecule has 1 saturated heterocycles. The summed E-state index contributed by atoms with van der Waals surface area (Å²) in [4.78, 5) is 21.4. The van der Waals surface area contributed by atoms with Crippen LogP contribution in [0.3, 0.4) is 0 Å². The Balaban J connectivity index is 1.31. The van der Waals surface area contributed by atoms with Crippen LogP contribution in [0.15, 0.2) is 79.0 Å². The van der Waals surface area contributed by atoms with Gasteiger partial charge >= 0.3 is 0 Å². The minimum atomic E-state index is -0.149. The highest BCUT2D eigenvalue weighted by Gasteiger charge is 2.18. The Morgan fingerprint density at radius 1 is 0.786 bits per heavy atom. The molecule has 0 unspecified atom stereocenters. The van der Waals surface area contributed by atoms with Crippen molar-refractivity contribution in [3.05, 3.63) is 90.3 Å². The first-order valence-electron chi connectivity index (χ1n) is 9.63. The van der Waals surface area contributed by atoms with E-state index in [2.05, 4.69) is 44.4 Å². The smallest absolute Gasteiger partial charge is 0.270 e. The predicted molar refractivity (Wildman–Crippen MR) is 113 cm³/mol. The van der Waals surface area contributed by atoms with Gasteiger partial charge in [-0.1, -0.05) is 48.5 Å². The van der Waals surface area contributed by atoms with Crippen molar-refractivity contribution in [3.8, 4) is 0 Å². The number of aromatic nitrogens is 1. The zero-order valence-electron chi connectivity index (χ0n) is 15.8. The largest absolute Gasteiger partial charge is 0.368 e. The average Bonchev–Trinajstić information content (AvgIpc) is 2.79. The molecule has 1 amide bonds. The molecule has 1 aliphatic heterocycles. The molecule has 1 N–H and O–H groups in total. The zero-order valence-corrected chi connectivity index (χ0v) is 15.8. The quantitative estimate of drug-likeness (QED) is 0.746. The van der Waals surface area contributed by atoms with Crippen LogP contribution in [0.4, 0.5) is 11.4 Å². The van der Waals surface area contributed by atoms with Crippen molar-refractivity contribution < 1.29 is 4.79 Å². The van der Waals surface area contributed by atoms with E-state index in [1.54, 1.807) is 12.3 Å². The number of rotatable bonds is 5. The second-order valence-electron chi connectivity index (χ2n) is 6.88. The van der Waals surface area contributed by atoms with E-state index in [0.29, 0.717) is 12.2 Å². The van der Waals surface area contributed by atoms with E-state index in [1.807, 2.05) is 42.5 Å². The molecule has 0 saturated carbocycles. The van der Waals surface area contributed by atoms with Gasteiger partial charge in [0.15, 0.2) is 0 Å². The van der Waals surface area contributed by atoms with Crippen LogP contribution in [0.2, 0.25) is 0 Å². The fourth-order valence-electron chi connectivity index (χ4n) is 3.44. The molecule has 4 rings (SSSR count). The van der Waals surface area contributed by atoms with Gasteiger partial charge in [0.2, 0.25) is 0 Å². The lowest BCUT2D eigenvalue weighted by atomic mass is 10.2. The van der Waals surface area contributed by atoms with Crippen molar-refractivity contribution >= 4 is 17.3 Å². The third-order valence-electron chi connectivity index (χ3n) is 5.04. The summed E-state index contributed by atoms with van der Waals surface area (Å²) in [5.74, 6) is -0.149. The number of anilines is 2. The summed E-state index contributed by atoms with van der Waals surface area (Å²) in [6.07, 6.45) is 1.80. The highest BCUT2D eigenvalue weighted by Crippen LogP contribution is 2.20. The van der Waals surface area contributed by atoms with Crippen LogP contribution < -0.4 is 15.1 Å². The van der Waals surface area contributed by atoms with Crippen LogP contribution in [0.5, 0.6) is 0 Å². The maximum absolute atomic E-state index is 12.3. The van der Waals surface area contributed by atoms with Gasteiger partial charge in [-0.2, -0.15) is 0 Å². The molecule has 0 bridgehead atoms. The summed E-state index contributed by atoms with van der Waals surface area (Å²) < 4.78 is 0. The van der Waals surface area contributed by atoms with Gasteiger partial charge in [0.25, 0.3) is 5.91 Å². The Kier molecular flexibility index (Phi) is 5.52. The fourth-order valence-corrected chi connectivity index (χ4v) is 3.44. The van der Waals surface area contributed by atoms with Crippen LogP contribution in [-0.4, -0.2) is 37.1 Å². The van der Waals surface area contributed by atoms with Crippen molar-refractivity contribution in [2.45, 2.75) is 6.54 Å². The summed E-state index contributed by atoms with van der Waals surface area (Å²) >= 11 is 0. The number of pyridine rings is 1. The van der Waals surface area contributed by atoms with Crippen LogP contribution in [-0.2, 0) is 6.54 Å². The molecule has 5 nitrogen and oxygen atoms in total. The Hall–Kier alpha value is -3.34. The number of carbonyl (C=O) groups excluding carboxylic acids is 1. The van der Waals surface area contributed by atoms with Gasteiger partial charge in [-0.25, -0.2) is 4.98 Å². The predicted octanol–water partition coefficient (Wildman–Crippen LogP) is 3.34. The Labute approximate surface area is 165 Å². The second kappa shape index (κ2) is 8.57. The molecule has 28 heavy (non-hydrogen) atoms. The summed E-state index contributed by atoms with van der Waals surface area (Å²) in [5.41, 5.74) is 3.85. The van der Waals surface area contributed by atoms with E-state index in [9.17, 15) is 4.79 Å². The van der Waals surface area contributed by atoms with E-state index in [1.165, 1.54) is 5.69 Å². The number of benzene rings is 2. The topological polar surface area (TPSA) is 48.5 Å². The van der Waals surface area contributed by atoms with E-state index < -0.39 is 0 Å². The van der Waals surface area contributed by atoms with Gasteiger partial charge in [-0.15, -0.1) is 0 Å². The first-order chi connectivity index (χ1) is 13.8. The van der Waals surface area contributed by atoms with Crippen LogP contribution in [0.1, 0.15) is 16.1 Å². The van der Waals surface area contributed by atoms with Crippen LogP contribution in [0.25, 0.3) is 0 Å². The first kappa shape index (κ1) is 18.0. The van der Waals surface area contributed by atoms with Gasteiger partial charge in [0.05, 0.1) is 11.9 Å². The van der Waals surface area contributed by atoms with Gasteiger partial charge in [-0.3, -0.25) is 4.79 Å². The van der Waals surface area contributed by atoms with Gasteiger partial charge < -0.3 is 15.1 Å². The van der Waals surface area contributed by atoms with Gasteiger partial charge in [0, 0.05) is 38.4 Å². The summed E-state index contributed by atoms with van der Waals surface area (Å²) in [5, 5.41) is 2.92. The number of hydrogen-bond acceptors (Lipinski definition) is 4. The Bertz CT molecular complexity index is 889. The van der Waals surface area contributed by atoms with Crippen LogP contribution in [0, 0.1) is 0 Å². The van der Waals surface area contributed by atoms with E-state index in [4.69, 9.17) is 0 Å². The Morgan fingerprint density at radius 3 is 2.00 bits per heavy atom. The molecule has 142 valence electrons. The number of piperazine rings is 1. The highest BCUT2D eigenvalue weighted by atomic mass is 16.1. The van der Waals surface area contributed by atoms with Crippen LogP contribution >= 0.6 is 0 Å². The molecule has 2 heterocycles. The minimum absolute atomic E-state index is 0.149. The molecular formula is C23H24N4O.